The standard InChI is InChI=1S/C18H23NO3/c1-3-17(22-4-2)18(21)19-12-16(20)15-10-9-13-7-5-6-8-14(13)11-15/h5-11,16-17,20H,3-4,12H2,1-2H3,(H,19,21)/t16-,17+/m0/s1. The van der Waals surface area contributed by atoms with E-state index in [-0.39, 0.29) is 12.5 Å². The monoisotopic (exact) mass is 301 g/mol. The molecule has 0 aliphatic rings. The van der Waals surface area contributed by atoms with Gasteiger partial charge in [0.2, 0.25) is 5.91 Å². The zero-order valence-electron chi connectivity index (χ0n) is 13.1. The Hall–Kier alpha value is -1.91. The summed E-state index contributed by atoms with van der Waals surface area (Å²) < 4.78 is 5.35. The lowest BCUT2D eigenvalue weighted by atomic mass is 10.0. The highest BCUT2D eigenvalue weighted by Crippen LogP contribution is 2.20. The van der Waals surface area contributed by atoms with E-state index >= 15 is 0 Å². The van der Waals surface area contributed by atoms with E-state index in [2.05, 4.69) is 5.32 Å². The third-order valence-electron chi connectivity index (χ3n) is 3.66. The molecular weight excluding hydrogens is 278 g/mol. The minimum absolute atomic E-state index is 0.177. The minimum atomic E-state index is -0.729. The van der Waals surface area contributed by atoms with Crippen LogP contribution in [0.2, 0.25) is 0 Å². The first-order valence-corrected chi connectivity index (χ1v) is 7.71. The van der Waals surface area contributed by atoms with E-state index in [1.54, 1.807) is 0 Å². The second-order valence-electron chi connectivity index (χ2n) is 5.22. The summed E-state index contributed by atoms with van der Waals surface area (Å²) in [5.41, 5.74) is 0.795. The van der Waals surface area contributed by atoms with Gasteiger partial charge in [0.15, 0.2) is 0 Å². The number of amides is 1. The van der Waals surface area contributed by atoms with Crippen molar-refractivity contribution in [1.29, 1.82) is 0 Å². The number of rotatable bonds is 7. The second-order valence-corrected chi connectivity index (χ2v) is 5.22. The lowest BCUT2D eigenvalue weighted by Crippen LogP contribution is -2.38. The Morgan fingerprint density at radius 2 is 1.91 bits per heavy atom. The SMILES string of the molecule is CCO[C@H](CC)C(=O)NC[C@H](O)c1ccc2ccccc2c1. The van der Waals surface area contributed by atoms with Crippen LogP contribution in [0.15, 0.2) is 42.5 Å². The molecule has 0 radical (unpaired) electrons. The van der Waals surface area contributed by atoms with Crippen molar-refractivity contribution in [1.82, 2.24) is 5.32 Å². The Balaban J connectivity index is 1.98. The van der Waals surface area contributed by atoms with Gasteiger partial charge >= 0.3 is 0 Å². The summed E-state index contributed by atoms with van der Waals surface area (Å²) in [7, 11) is 0. The van der Waals surface area contributed by atoms with E-state index in [9.17, 15) is 9.90 Å². The van der Waals surface area contributed by atoms with Gasteiger partial charge in [-0.05, 0) is 35.7 Å². The van der Waals surface area contributed by atoms with Gasteiger partial charge in [-0.15, -0.1) is 0 Å². The van der Waals surface area contributed by atoms with Crippen molar-refractivity contribution in [3.63, 3.8) is 0 Å². The van der Waals surface area contributed by atoms with Crippen molar-refractivity contribution in [3.8, 4) is 0 Å². The van der Waals surface area contributed by atoms with Crippen molar-refractivity contribution in [2.45, 2.75) is 32.5 Å². The van der Waals surface area contributed by atoms with Crippen LogP contribution in [0.3, 0.4) is 0 Å². The van der Waals surface area contributed by atoms with Crippen LogP contribution in [-0.4, -0.2) is 30.3 Å². The average molecular weight is 301 g/mol. The largest absolute Gasteiger partial charge is 0.387 e. The molecule has 0 aliphatic heterocycles. The fourth-order valence-corrected chi connectivity index (χ4v) is 2.42. The third-order valence-corrected chi connectivity index (χ3v) is 3.66. The smallest absolute Gasteiger partial charge is 0.249 e. The average Bonchev–Trinajstić information content (AvgIpc) is 2.56. The van der Waals surface area contributed by atoms with E-state index in [1.165, 1.54) is 0 Å². The molecule has 0 aliphatic carbocycles. The van der Waals surface area contributed by atoms with Crippen molar-refractivity contribution in [2.75, 3.05) is 13.2 Å². The van der Waals surface area contributed by atoms with Gasteiger partial charge in [0.1, 0.15) is 6.10 Å². The number of hydrogen-bond donors (Lipinski definition) is 2. The Labute approximate surface area is 131 Å². The quantitative estimate of drug-likeness (QED) is 0.827. The maximum atomic E-state index is 12.0. The molecule has 0 bridgehead atoms. The zero-order valence-corrected chi connectivity index (χ0v) is 13.1. The molecule has 2 aromatic carbocycles. The zero-order chi connectivity index (χ0) is 15.9. The summed E-state index contributed by atoms with van der Waals surface area (Å²) in [5, 5.41) is 15.2. The number of aliphatic hydroxyl groups is 1. The van der Waals surface area contributed by atoms with E-state index in [0.717, 1.165) is 16.3 Å². The van der Waals surface area contributed by atoms with Crippen molar-refractivity contribution in [3.05, 3.63) is 48.0 Å². The number of ether oxygens (including phenoxy) is 1. The summed E-state index contributed by atoms with van der Waals surface area (Å²) in [6.45, 7) is 4.44. The van der Waals surface area contributed by atoms with Crippen LogP contribution < -0.4 is 5.32 Å². The van der Waals surface area contributed by atoms with Gasteiger partial charge in [0.05, 0.1) is 6.10 Å². The Morgan fingerprint density at radius 1 is 1.18 bits per heavy atom. The lowest BCUT2D eigenvalue weighted by molar-refractivity contribution is -0.133. The summed E-state index contributed by atoms with van der Waals surface area (Å²) in [4.78, 5) is 12.0. The normalized spacial score (nSPS) is 13.8. The van der Waals surface area contributed by atoms with E-state index in [4.69, 9.17) is 4.74 Å². The van der Waals surface area contributed by atoms with Gasteiger partial charge in [-0.1, -0.05) is 43.3 Å². The number of carbonyl (C=O) groups is 1. The van der Waals surface area contributed by atoms with Crippen LogP contribution in [0.25, 0.3) is 10.8 Å². The van der Waals surface area contributed by atoms with Crippen LogP contribution in [0.4, 0.5) is 0 Å². The Kier molecular flexibility index (Phi) is 5.92. The molecule has 0 heterocycles. The number of nitrogens with one attached hydrogen (secondary N) is 1. The van der Waals surface area contributed by atoms with Gasteiger partial charge < -0.3 is 15.2 Å². The number of aliphatic hydroxyl groups excluding tert-OH is 1. The molecule has 2 N–H and O–H groups in total. The Morgan fingerprint density at radius 3 is 2.59 bits per heavy atom. The summed E-state index contributed by atoms with van der Waals surface area (Å²) >= 11 is 0. The molecular formula is C18H23NO3. The molecule has 118 valence electrons. The molecule has 2 rings (SSSR count). The fourth-order valence-electron chi connectivity index (χ4n) is 2.42. The summed E-state index contributed by atoms with van der Waals surface area (Å²) in [6.07, 6.45) is -0.562. The van der Waals surface area contributed by atoms with Crippen molar-refractivity contribution >= 4 is 16.7 Å². The number of carbonyl (C=O) groups excluding carboxylic acids is 1. The molecule has 0 saturated carbocycles. The molecule has 2 atom stereocenters. The van der Waals surface area contributed by atoms with Crippen LogP contribution in [0.1, 0.15) is 31.9 Å². The predicted octanol–water partition coefficient (Wildman–Crippen LogP) is 2.80. The van der Waals surface area contributed by atoms with Crippen molar-refractivity contribution < 1.29 is 14.6 Å². The maximum Gasteiger partial charge on any atom is 0.249 e. The molecule has 4 heteroatoms. The Bertz CT molecular complexity index is 627. The van der Waals surface area contributed by atoms with Crippen molar-refractivity contribution in [2.24, 2.45) is 0 Å². The van der Waals surface area contributed by atoms with E-state index in [1.807, 2.05) is 56.3 Å². The molecule has 0 spiro atoms. The van der Waals surface area contributed by atoms with Gasteiger partial charge in [0, 0.05) is 13.2 Å². The summed E-state index contributed by atoms with van der Waals surface area (Å²) in [5.74, 6) is -0.177. The topological polar surface area (TPSA) is 58.6 Å². The highest BCUT2D eigenvalue weighted by molar-refractivity contribution is 5.83. The fraction of sp³-hybridized carbons (Fsp3) is 0.389. The first-order valence-electron chi connectivity index (χ1n) is 7.71. The summed E-state index contributed by atoms with van der Waals surface area (Å²) in [6, 6.07) is 13.8. The molecule has 0 fully saturated rings. The first kappa shape index (κ1) is 16.5. The van der Waals surface area contributed by atoms with Gasteiger partial charge in [-0.3, -0.25) is 4.79 Å². The molecule has 2 aromatic rings. The lowest BCUT2D eigenvalue weighted by Gasteiger charge is -2.17. The molecule has 22 heavy (non-hydrogen) atoms. The maximum absolute atomic E-state index is 12.0. The highest BCUT2D eigenvalue weighted by atomic mass is 16.5. The molecule has 0 unspecified atom stereocenters. The van der Waals surface area contributed by atoms with Gasteiger partial charge in [0.25, 0.3) is 0 Å². The molecule has 4 nitrogen and oxygen atoms in total. The van der Waals surface area contributed by atoms with Crippen LogP contribution in [0.5, 0.6) is 0 Å². The minimum Gasteiger partial charge on any atom is -0.387 e. The number of benzene rings is 2. The van der Waals surface area contributed by atoms with Crippen LogP contribution in [-0.2, 0) is 9.53 Å². The van der Waals surface area contributed by atoms with Crippen LogP contribution in [0, 0.1) is 0 Å². The van der Waals surface area contributed by atoms with Gasteiger partial charge in [-0.2, -0.15) is 0 Å². The molecule has 0 saturated heterocycles. The second kappa shape index (κ2) is 7.92. The first-order chi connectivity index (χ1) is 10.7. The predicted molar refractivity (Wildman–Crippen MR) is 87.6 cm³/mol. The van der Waals surface area contributed by atoms with Gasteiger partial charge in [-0.25, -0.2) is 0 Å². The van der Waals surface area contributed by atoms with Crippen LogP contribution >= 0.6 is 0 Å². The van der Waals surface area contributed by atoms with E-state index < -0.39 is 12.2 Å². The molecule has 1 amide bonds. The number of hydrogen-bond acceptors (Lipinski definition) is 3. The molecule has 0 aromatic heterocycles. The highest BCUT2D eigenvalue weighted by Gasteiger charge is 2.17. The van der Waals surface area contributed by atoms with E-state index in [0.29, 0.717) is 13.0 Å². The number of fused-ring (bicyclic) bond motifs is 1. The third kappa shape index (κ3) is 4.06.